The van der Waals surface area contributed by atoms with Crippen LogP contribution in [0.25, 0.3) is 0 Å². The van der Waals surface area contributed by atoms with E-state index in [1.807, 2.05) is 13.8 Å². The van der Waals surface area contributed by atoms with Crippen molar-refractivity contribution in [2.75, 3.05) is 6.61 Å². The van der Waals surface area contributed by atoms with E-state index in [1.165, 1.54) is 38.5 Å². The smallest absolute Gasteiger partial charge is 0.114 e. The first-order chi connectivity index (χ1) is 9.69. The fourth-order valence-corrected chi connectivity index (χ4v) is 4.24. The fraction of sp³-hybridized carbons (Fsp3) is 0.941. The van der Waals surface area contributed by atoms with Gasteiger partial charge < -0.3 is 9.94 Å². The van der Waals surface area contributed by atoms with Crippen LogP contribution in [-0.4, -0.2) is 23.0 Å². The molecule has 0 aromatic carbocycles. The van der Waals surface area contributed by atoms with Gasteiger partial charge in [-0.15, -0.1) is 0 Å². The van der Waals surface area contributed by atoms with Gasteiger partial charge in [-0.1, -0.05) is 43.7 Å². The summed E-state index contributed by atoms with van der Waals surface area (Å²) in [5, 5.41) is 15.8. The highest BCUT2D eigenvalue weighted by molar-refractivity contribution is 5.90. The summed E-state index contributed by atoms with van der Waals surface area (Å²) in [5.41, 5.74) is 0.0916. The van der Waals surface area contributed by atoms with Gasteiger partial charge in [-0.3, -0.25) is 0 Å². The second kappa shape index (κ2) is 7.44. The third kappa shape index (κ3) is 3.36. The molecule has 2 rings (SSSR count). The maximum atomic E-state index is 11.5. The Kier molecular flexibility index (Phi) is 5.88. The molecule has 0 amide bonds. The second-order valence-corrected chi connectivity index (χ2v) is 6.59. The molecule has 0 radical (unpaired) electrons. The highest BCUT2D eigenvalue weighted by Crippen LogP contribution is 2.43. The van der Waals surface area contributed by atoms with Crippen LogP contribution in [0.4, 0.5) is 0 Å². The molecule has 2 aliphatic carbocycles. The Morgan fingerprint density at radius 3 is 1.85 bits per heavy atom. The predicted molar refractivity (Wildman–Crippen MR) is 82.8 cm³/mol. The average Bonchev–Trinajstić information content (AvgIpc) is 2.53. The van der Waals surface area contributed by atoms with E-state index in [0.717, 1.165) is 31.4 Å². The van der Waals surface area contributed by atoms with Crippen LogP contribution in [0.5, 0.6) is 0 Å². The van der Waals surface area contributed by atoms with Crippen LogP contribution >= 0.6 is 0 Å². The normalized spacial score (nSPS) is 23.9. The summed E-state index contributed by atoms with van der Waals surface area (Å²) in [7, 11) is 0. The van der Waals surface area contributed by atoms with Crippen LogP contribution in [0.3, 0.4) is 0 Å². The maximum Gasteiger partial charge on any atom is 0.114 e. The Bertz CT molecular complexity index is 297. The highest BCUT2D eigenvalue weighted by Gasteiger charge is 2.46. The lowest BCUT2D eigenvalue weighted by Crippen LogP contribution is -2.52. The molecule has 0 atom stereocenters. The Hall–Kier alpha value is -0.570. The third-order valence-electron chi connectivity index (χ3n) is 5.37. The summed E-state index contributed by atoms with van der Waals surface area (Å²) in [6, 6.07) is 0. The van der Waals surface area contributed by atoms with Gasteiger partial charge in [-0.2, -0.15) is 0 Å². The van der Waals surface area contributed by atoms with Crippen molar-refractivity contribution in [3.63, 3.8) is 0 Å². The van der Waals surface area contributed by atoms with Gasteiger partial charge >= 0.3 is 0 Å². The predicted octanol–water partition coefficient (Wildman–Crippen LogP) is 4.29. The molecule has 0 spiro atoms. The molecule has 0 aromatic rings. The van der Waals surface area contributed by atoms with Crippen LogP contribution in [-0.2, 0) is 4.84 Å². The molecule has 3 nitrogen and oxygen atoms in total. The van der Waals surface area contributed by atoms with E-state index in [0.29, 0.717) is 18.4 Å². The number of rotatable bonds is 5. The minimum absolute atomic E-state index is 0.378. The molecule has 1 N–H and O–H groups in total. The topological polar surface area (TPSA) is 41.8 Å². The Balaban J connectivity index is 2.20. The first kappa shape index (κ1) is 15.8. The van der Waals surface area contributed by atoms with Crippen molar-refractivity contribution in [1.82, 2.24) is 0 Å². The van der Waals surface area contributed by atoms with Crippen LogP contribution in [0.2, 0.25) is 0 Å². The van der Waals surface area contributed by atoms with Gasteiger partial charge in [0.25, 0.3) is 0 Å². The summed E-state index contributed by atoms with van der Waals surface area (Å²) < 4.78 is 0. The molecular formula is C17H31NO2. The summed E-state index contributed by atoms with van der Waals surface area (Å²) >= 11 is 0. The molecule has 116 valence electrons. The monoisotopic (exact) mass is 281 g/mol. The molecule has 0 unspecified atom stereocenters. The van der Waals surface area contributed by atoms with Gasteiger partial charge in [0.2, 0.25) is 0 Å². The highest BCUT2D eigenvalue weighted by atomic mass is 16.6. The van der Waals surface area contributed by atoms with Crippen molar-refractivity contribution in [2.24, 2.45) is 17.0 Å². The fourth-order valence-electron chi connectivity index (χ4n) is 4.24. The van der Waals surface area contributed by atoms with Crippen molar-refractivity contribution < 1.29 is 9.94 Å². The average molecular weight is 281 g/mol. The largest absolute Gasteiger partial charge is 0.396 e. The summed E-state index contributed by atoms with van der Waals surface area (Å²) in [5.74, 6) is 0.757. The molecule has 0 saturated heterocycles. The van der Waals surface area contributed by atoms with Crippen molar-refractivity contribution in [3.8, 4) is 0 Å². The van der Waals surface area contributed by atoms with Gasteiger partial charge in [0, 0.05) is 0 Å². The van der Waals surface area contributed by atoms with Crippen LogP contribution in [0.1, 0.15) is 78.1 Å². The first-order valence-corrected chi connectivity index (χ1v) is 8.59. The Morgan fingerprint density at radius 1 is 1.00 bits per heavy atom. The zero-order chi connectivity index (χ0) is 14.4. The number of aliphatic hydroxyl groups is 1. The quantitative estimate of drug-likeness (QED) is 0.603. The molecule has 2 aliphatic rings. The third-order valence-corrected chi connectivity index (χ3v) is 5.37. The van der Waals surface area contributed by atoms with Gasteiger partial charge in [-0.05, 0) is 51.4 Å². The van der Waals surface area contributed by atoms with Gasteiger partial charge in [0.15, 0.2) is 0 Å². The SMILES string of the molecule is CCO/N=C(\C)C(O)(C1CCCCC1)C1CCCCC1. The second-order valence-electron chi connectivity index (χ2n) is 6.59. The molecule has 0 aromatic heterocycles. The number of hydrogen-bond donors (Lipinski definition) is 1. The number of nitrogens with zero attached hydrogens (tertiary/aromatic N) is 1. The van der Waals surface area contributed by atoms with E-state index in [4.69, 9.17) is 4.84 Å². The van der Waals surface area contributed by atoms with Crippen LogP contribution in [0.15, 0.2) is 5.16 Å². The van der Waals surface area contributed by atoms with E-state index >= 15 is 0 Å². The molecule has 0 bridgehead atoms. The Labute approximate surface area is 123 Å². The van der Waals surface area contributed by atoms with E-state index in [2.05, 4.69) is 5.16 Å². The first-order valence-electron chi connectivity index (χ1n) is 8.59. The molecule has 0 aliphatic heterocycles. The van der Waals surface area contributed by atoms with Crippen molar-refractivity contribution in [2.45, 2.75) is 83.7 Å². The van der Waals surface area contributed by atoms with Gasteiger partial charge in [0.1, 0.15) is 12.2 Å². The van der Waals surface area contributed by atoms with Crippen molar-refractivity contribution >= 4 is 5.71 Å². The lowest BCUT2D eigenvalue weighted by Gasteiger charge is -2.45. The van der Waals surface area contributed by atoms with E-state index in [9.17, 15) is 5.11 Å². The lowest BCUT2D eigenvalue weighted by atomic mass is 9.64. The van der Waals surface area contributed by atoms with E-state index < -0.39 is 5.60 Å². The lowest BCUT2D eigenvalue weighted by molar-refractivity contribution is -0.0378. The zero-order valence-corrected chi connectivity index (χ0v) is 13.2. The van der Waals surface area contributed by atoms with E-state index in [-0.39, 0.29) is 0 Å². The van der Waals surface area contributed by atoms with E-state index in [1.54, 1.807) is 0 Å². The Morgan fingerprint density at radius 2 is 1.45 bits per heavy atom. The summed E-state index contributed by atoms with van der Waals surface area (Å²) in [4.78, 5) is 5.25. The molecule has 2 saturated carbocycles. The standard InChI is InChI=1S/C17H31NO2/c1-3-20-18-14(2)17(19,15-10-6-4-7-11-15)16-12-8-5-9-13-16/h15-16,19H,3-13H2,1-2H3/b18-14+. The zero-order valence-electron chi connectivity index (χ0n) is 13.2. The molecule has 0 heterocycles. The molecular weight excluding hydrogens is 250 g/mol. The van der Waals surface area contributed by atoms with Crippen LogP contribution in [0, 0.1) is 11.8 Å². The van der Waals surface area contributed by atoms with Crippen molar-refractivity contribution in [3.05, 3.63) is 0 Å². The van der Waals surface area contributed by atoms with Gasteiger partial charge in [0.05, 0.1) is 5.71 Å². The van der Waals surface area contributed by atoms with Gasteiger partial charge in [-0.25, -0.2) is 0 Å². The minimum Gasteiger partial charge on any atom is -0.396 e. The summed E-state index contributed by atoms with van der Waals surface area (Å²) in [6.45, 7) is 4.48. The van der Waals surface area contributed by atoms with Crippen LogP contribution < -0.4 is 0 Å². The van der Waals surface area contributed by atoms with Crippen molar-refractivity contribution in [1.29, 1.82) is 0 Å². The molecule has 2 fully saturated rings. The number of hydrogen-bond acceptors (Lipinski definition) is 3. The summed E-state index contributed by atoms with van der Waals surface area (Å²) in [6.07, 6.45) is 12.2. The molecule has 20 heavy (non-hydrogen) atoms. The molecule has 3 heteroatoms. The number of oxime groups is 1. The maximum absolute atomic E-state index is 11.5. The minimum atomic E-state index is -0.726.